The van der Waals surface area contributed by atoms with Crippen molar-refractivity contribution in [3.63, 3.8) is 0 Å². The van der Waals surface area contributed by atoms with Gasteiger partial charge in [-0.3, -0.25) is 39.6 Å². The number of carbonyl (C=O) groups is 5. The van der Waals surface area contributed by atoms with Crippen LogP contribution in [0.25, 0.3) is 10.9 Å². The van der Waals surface area contributed by atoms with Gasteiger partial charge in [-0.05, 0) is 122 Å². The maximum absolute atomic E-state index is 15.5. The van der Waals surface area contributed by atoms with E-state index in [1.807, 2.05) is 104 Å². The number of amides is 5. The van der Waals surface area contributed by atoms with Gasteiger partial charge in [0.05, 0.1) is 18.2 Å². The Morgan fingerprint density at radius 3 is 2.15 bits per heavy atom. The van der Waals surface area contributed by atoms with Crippen LogP contribution in [0.3, 0.4) is 0 Å². The number of carbonyl (C=O) groups excluding carboxylic acids is 5. The number of pyridine rings is 1. The molecule has 434 valence electrons. The van der Waals surface area contributed by atoms with Crippen LogP contribution in [-0.4, -0.2) is 142 Å². The molecule has 0 spiro atoms. The zero-order chi connectivity index (χ0) is 57.4. The quantitative estimate of drug-likeness (QED) is 0.0521. The minimum atomic E-state index is -1.55. The van der Waals surface area contributed by atoms with Crippen LogP contribution < -0.4 is 47.7 Å². The molecule has 3 aliphatic heterocycles. The number of aryl methyl sites for hydroxylation is 2. The number of aliphatic hydroxyl groups excluding tert-OH is 2. The van der Waals surface area contributed by atoms with E-state index in [1.54, 1.807) is 36.7 Å². The third-order valence-corrected chi connectivity index (χ3v) is 15.7. The zero-order valence-electron chi connectivity index (χ0n) is 46.3. The molecule has 9 rings (SSSR count). The molecule has 9 atom stereocenters. The van der Waals surface area contributed by atoms with Gasteiger partial charge in [-0.15, -0.1) is 0 Å². The number of hydrogen-bond acceptors (Lipinski definition) is 14. The SMILES string of the molecule is Cc1cccc2[nH]cc(C[C@H]3NC(O)[C@H](CCc4ccccc4)NC(=O)[C@@H]4CC(OC(O)NCCN)CN4C(=O)[C@H](Cc4cccnc4)NC(=O)[C@H](Cc4ccc(OCc5ccccc5)cc4)NC(=O)[C@H](CC4CCNCC4)NC3=O)c12. The van der Waals surface area contributed by atoms with E-state index < -0.39 is 84.5 Å². The molecule has 20 nitrogen and oxygen atoms in total. The molecule has 0 saturated carbocycles. The maximum atomic E-state index is 15.5. The molecule has 6 aromatic rings. The second kappa shape index (κ2) is 28.9. The minimum absolute atomic E-state index is 0.0250. The number of nitrogens with zero attached hydrogens (tertiary/aromatic N) is 2. The highest BCUT2D eigenvalue weighted by atomic mass is 16.6. The molecule has 20 heteroatoms. The van der Waals surface area contributed by atoms with Gasteiger partial charge in [-0.25, -0.2) is 0 Å². The molecule has 5 amide bonds. The molecule has 5 heterocycles. The predicted molar refractivity (Wildman–Crippen MR) is 309 cm³/mol. The van der Waals surface area contributed by atoms with E-state index in [1.165, 1.54) is 4.90 Å². The monoisotopic (exact) mass is 1120 g/mol. The molecule has 0 radical (unpaired) electrons. The van der Waals surface area contributed by atoms with Gasteiger partial charge in [0.25, 0.3) is 0 Å². The Balaban J connectivity index is 1.11. The standard InChI is InChI=1S/C62H77N11O9/c1-39-10-8-16-48-55(39)45(36-67-48)33-52-59(77)70-51(31-42-23-27-64-28-24-42)57(75)69-50(30-41-17-20-46(21-18-41)81-38-43-13-6-3-7-14-43)58(76)72-53(32-44-15-9-26-65-35-44)61(79)73-37-47(82-62(80)66-29-25-63)34-54(73)60(78)68-49(56(74)71-52)22-19-40-11-4-2-5-12-40/h2-18,20-21,26,35-36,42,47,49-54,56,62,64,66-67,71,74,80H,19,22-25,27-34,37-38,63H2,1H3,(H,68,78)(H,69,75)(H,70,77)(H,72,76)/t47?,49-,50-,51-,52+,53-,54-,56?,62?/m0/s1. The van der Waals surface area contributed by atoms with Crippen LogP contribution in [0.4, 0.5) is 0 Å². The first-order valence-electron chi connectivity index (χ1n) is 28.5. The van der Waals surface area contributed by atoms with Gasteiger partial charge < -0.3 is 61.9 Å². The zero-order valence-corrected chi connectivity index (χ0v) is 46.3. The van der Waals surface area contributed by atoms with Crippen LogP contribution >= 0.6 is 0 Å². The first kappa shape index (κ1) is 59.1. The Morgan fingerprint density at radius 2 is 1.41 bits per heavy atom. The van der Waals surface area contributed by atoms with Crippen molar-refractivity contribution in [1.82, 2.24) is 52.1 Å². The Hall–Kier alpha value is -7.56. The number of aliphatic hydroxyl groups is 2. The van der Waals surface area contributed by atoms with Crippen molar-refractivity contribution in [2.45, 2.75) is 126 Å². The van der Waals surface area contributed by atoms with E-state index in [0.29, 0.717) is 29.9 Å². The summed E-state index contributed by atoms with van der Waals surface area (Å²) < 4.78 is 12.1. The number of fused-ring (bicyclic) bond motifs is 2. The van der Waals surface area contributed by atoms with Gasteiger partial charge >= 0.3 is 0 Å². The van der Waals surface area contributed by atoms with E-state index in [2.05, 4.69) is 47.2 Å². The minimum Gasteiger partial charge on any atom is -0.489 e. The topological polar surface area (TPSA) is 286 Å². The molecule has 4 aromatic carbocycles. The lowest BCUT2D eigenvalue weighted by molar-refractivity contribution is -0.152. The van der Waals surface area contributed by atoms with Crippen molar-refractivity contribution >= 4 is 40.4 Å². The normalized spacial score (nSPS) is 23.9. The van der Waals surface area contributed by atoms with Crippen molar-refractivity contribution in [3.8, 4) is 5.75 Å². The Morgan fingerprint density at radius 1 is 0.732 bits per heavy atom. The fraction of sp³-hybridized carbons (Fsp3) is 0.419. The second-order valence-corrected chi connectivity index (χ2v) is 21.7. The van der Waals surface area contributed by atoms with Crippen molar-refractivity contribution in [2.24, 2.45) is 11.7 Å². The van der Waals surface area contributed by atoms with Crippen LogP contribution in [0, 0.1) is 12.8 Å². The smallest absolute Gasteiger partial charge is 0.246 e. The first-order chi connectivity index (χ1) is 39.9. The third-order valence-electron chi connectivity index (χ3n) is 15.7. The van der Waals surface area contributed by atoms with Gasteiger partial charge in [0.1, 0.15) is 42.8 Å². The van der Waals surface area contributed by atoms with Gasteiger partial charge in [0, 0.05) is 68.4 Å². The first-order valence-corrected chi connectivity index (χ1v) is 28.5. The number of rotatable bonds is 19. The largest absolute Gasteiger partial charge is 0.489 e. The van der Waals surface area contributed by atoms with Crippen molar-refractivity contribution in [2.75, 3.05) is 32.7 Å². The molecule has 3 fully saturated rings. The lowest BCUT2D eigenvalue weighted by atomic mass is 9.90. The van der Waals surface area contributed by atoms with Gasteiger partial charge in [0.2, 0.25) is 35.9 Å². The molecule has 0 bridgehead atoms. The summed E-state index contributed by atoms with van der Waals surface area (Å²) >= 11 is 0. The highest BCUT2D eigenvalue weighted by molar-refractivity contribution is 5.97. The molecule has 3 unspecified atom stereocenters. The number of nitrogens with two attached hydrogens (primary N) is 1. The second-order valence-electron chi connectivity index (χ2n) is 21.7. The lowest BCUT2D eigenvalue weighted by Crippen LogP contribution is -2.63. The van der Waals surface area contributed by atoms with Crippen molar-refractivity contribution in [1.29, 1.82) is 0 Å². The van der Waals surface area contributed by atoms with Crippen LogP contribution in [0.15, 0.2) is 134 Å². The average molecular weight is 1120 g/mol. The van der Waals surface area contributed by atoms with Crippen LogP contribution in [-0.2, 0) is 61.0 Å². The molecule has 3 saturated heterocycles. The van der Waals surface area contributed by atoms with E-state index in [0.717, 1.165) is 59.1 Å². The van der Waals surface area contributed by atoms with Gasteiger partial charge in [-0.1, -0.05) is 91.0 Å². The fourth-order valence-corrected chi connectivity index (χ4v) is 11.3. The van der Waals surface area contributed by atoms with E-state index in [4.69, 9.17) is 15.2 Å². The highest BCUT2D eigenvalue weighted by Gasteiger charge is 2.45. The average Bonchev–Trinajstić information content (AvgIpc) is 4.34. The van der Waals surface area contributed by atoms with E-state index >= 15 is 24.0 Å². The summed E-state index contributed by atoms with van der Waals surface area (Å²) in [6.45, 7) is 4.01. The molecule has 82 heavy (non-hydrogen) atoms. The Kier molecular flexibility index (Phi) is 20.8. The number of H-pyrrole nitrogens is 1. The number of aromatic amines is 1. The molecule has 0 aliphatic carbocycles. The summed E-state index contributed by atoms with van der Waals surface area (Å²) in [5.41, 5.74) is 11.5. The number of benzene rings is 4. The van der Waals surface area contributed by atoms with E-state index in [-0.39, 0.29) is 64.1 Å². The molecular formula is C62H77N11O9. The third kappa shape index (κ3) is 16.1. The molecule has 2 aromatic heterocycles. The van der Waals surface area contributed by atoms with Crippen LogP contribution in [0.1, 0.15) is 65.5 Å². The summed E-state index contributed by atoms with van der Waals surface area (Å²) in [5.74, 6) is -2.54. The van der Waals surface area contributed by atoms with Crippen molar-refractivity contribution < 1.29 is 43.7 Å². The molecule has 12 N–H and O–H groups in total. The number of hydrogen-bond donors (Lipinski definition) is 11. The molecular weight excluding hydrogens is 1040 g/mol. The maximum Gasteiger partial charge on any atom is 0.246 e. The number of nitrogens with one attached hydrogen (secondary N) is 8. The Bertz CT molecular complexity index is 3040. The number of aromatic nitrogens is 2. The molecule has 3 aliphatic rings. The van der Waals surface area contributed by atoms with E-state index in [9.17, 15) is 10.2 Å². The highest BCUT2D eigenvalue weighted by Crippen LogP contribution is 2.27. The van der Waals surface area contributed by atoms with Crippen molar-refractivity contribution in [3.05, 3.63) is 167 Å². The summed E-state index contributed by atoms with van der Waals surface area (Å²) in [5, 5.41) is 45.9. The summed E-state index contributed by atoms with van der Waals surface area (Å²) in [6.07, 6.45) is 3.30. The number of ether oxygens (including phenoxy) is 2. The Labute approximate surface area is 478 Å². The number of piperidine rings is 1. The summed E-state index contributed by atoms with van der Waals surface area (Å²) in [6, 6.07) is 28.6. The van der Waals surface area contributed by atoms with Crippen LogP contribution in [0.2, 0.25) is 0 Å². The fourth-order valence-electron chi connectivity index (χ4n) is 11.3. The predicted octanol–water partition coefficient (Wildman–Crippen LogP) is 2.54. The lowest BCUT2D eigenvalue weighted by Gasteiger charge is -2.34. The van der Waals surface area contributed by atoms with Gasteiger partial charge in [0.15, 0.2) is 0 Å². The summed E-state index contributed by atoms with van der Waals surface area (Å²) in [7, 11) is 0. The van der Waals surface area contributed by atoms with Crippen LogP contribution in [0.5, 0.6) is 5.75 Å². The van der Waals surface area contributed by atoms with Gasteiger partial charge in [-0.2, -0.15) is 0 Å². The summed E-state index contributed by atoms with van der Waals surface area (Å²) in [4.78, 5) is 85.3.